The number of benzene rings is 2. The second kappa shape index (κ2) is 10.1. The molecule has 10 heteroatoms. The van der Waals surface area contributed by atoms with Crippen LogP contribution in [0.1, 0.15) is 18.9 Å². The van der Waals surface area contributed by atoms with Crippen LogP contribution in [0.2, 0.25) is 10.0 Å². The minimum atomic E-state index is -0.329. The number of aromatic nitrogens is 3. The van der Waals surface area contributed by atoms with Crippen LogP contribution < -0.4 is 14.8 Å². The van der Waals surface area contributed by atoms with Gasteiger partial charge >= 0.3 is 0 Å². The number of amides is 1. The molecule has 0 aliphatic heterocycles. The molecule has 0 saturated heterocycles. The number of carbonyl (C=O) groups is 1. The number of anilines is 1. The van der Waals surface area contributed by atoms with Gasteiger partial charge in [-0.1, -0.05) is 41.0 Å². The number of carbonyl (C=O) groups excluding carboxylic acids is 1. The molecule has 3 aromatic rings. The monoisotopic (exact) mass is 466 g/mol. The normalized spacial score (nSPS) is 11.8. The van der Waals surface area contributed by atoms with Crippen molar-refractivity contribution in [3.05, 3.63) is 58.3 Å². The van der Waals surface area contributed by atoms with Gasteiger partial charge in [0.05, 0.1) is 28.6 Å². The second-order valence-electron chi connectivity index (χ2n) is 6.27. The molecule has 0 aliphatic rings. The highest BCUT2D eigenvalue weighted by Crippen LogP contribution is 2.30. The summed E-state index contributed by atoms with van der Waals surface area (Å²) in [4.78, 5) is 12.3. The zero-order chi connectivity index (χ0) is 21.7. The summed E-state index contributed by atoms with van der Waals surface area (Å²) in [5.41, 5.74) is 0.468. The summed E-state index contributed by atoms with van der Waals surface area (Å²) in [6, 6.07) is 12.4. The zero-order valence-corrected chi connectivity index (χ0v) is 18.9. The first kappa shape index (κ1) is 22.3. The molecule has 0 radical (unpaired) electrons. The number of hydrogen-bond donors (Lipinski definition) is 1. The third-order valence-corrected chi connectivity index (χ3v) is 6.00. The van der Waals surface area contributed by atoms with Crippen molar-refractivity contribution in [1.82, 2.24) is 14.8 Å². The lowest BCUT2D eigenvalue weighted by Crippen LogP contribution is -2.15. The highest BCUT2D eigenvalue weighted by molar-refractivity contribution is 7.99. The van der Waals surface area contributed by atoms with Gasteiger partial charge in [-0.3, -0.25) is 4.79 Å². The lowest BCUT2D eigenvalue weighted by Gasteiger charge is -2.14. The number of nitrogens with one attached hydrogen (secondary N) is 1. The van der Waals surface area contributed by atoms with Crippen molar-refractivity contribution in [3.8, 4) is 11.5 Å². The Hall–Kier alpha value is -2.42. The molecule has 0 bridgehead atoms. The molecule has 1 N–H and O–H groups in total. The Bertz CT molecular complexity index is 1030. The van der Waals surface area contributed by atoms with Gasteiger partial charge in [0.25, 0.3) is 0 Å². The quantitative estimate of drug-likeness (QED) is 0.470. The number of ether oxygens (including phenoxy) is 2. The van der Waals surface area contributed by atoms with Crippen molar-refractivity contribution in [2.24, 2.45) is 7.05 Å². The van der Waals surface area contributed by atoms with E-state index < -0.39 is 0 Å². The van der Waals surface area contributed by atoms with E-state index in [1.165, 1.54) is 11.8 Å². The molecule has 1 atom stereocenters. The van der Waals surface area contributed by atoms with Crippen LogP contribution in [0.3, 0.4) is 0 Å². The van der Waals surface area contributed by atoms with Crippen molar-refractivity contribution >= 4 is 46.6 Å². The largest absolute Gasteiger partial charge is 0.497 e. The van der Waals surface area contributed by atoms with Gasteiger partial charge in [0.15, 0.2) is 17.1 Å². The Morgan fingerprint density at radius 2 is 1.87 bits per heavy atom. The molecular formula is C20H20Cl2N4O3S. The number of nitrogens with zero attached hydrogens (tertiary/aromatic N) is 3. The molecule has 1 aromatic heterocycles. The van der Waals surface area contributed by atoms with Crippen LogP contribution in [0, 0.1) is 0 Å². The molecular weight excluding hydrogens is 447 g/mol. The van der Waals surface area contributed by atoms with Gasteiger partial charge < -0.3 is 19.4 Å². The summed E-state index contributed by atoms with van der Waals surface area (Å²) in [6.45, 7) is 1.89. The van der Waals surface area contributed by atoms with E-state index in [-0.39, 0.29) is 17.8 Å². The number of rotatable bonds is 8. The zero-order valence-electron chi connectivity index (χ0n) is 16.6. The molecule has 0 fully saturated rings. The highest BCUT2D eigenvalue weighted by atomic mass is 35.5. The van der Waals surface area contributed by atoms with E-state index in [1.807, 2.05) is 38.2 Å². The molecule has 0 spiro atoms. The van der Waals surface area contributed by atoms with Gasteiger partial charge in [-0.05, 0) is 43.3 Å². The van der Waals surface area contributed by atoms with Crippen LogP contribution in [-0.2, 0) is 11.8 Å². The lowest BCUT2D eigenvalue weighted by molar-refractivity contribution is -0.113. The predicted molar refractivity (Wildman–Crippen MR) is 119 cm³/mol. The van der Waals surface area contributed by atoms with Crippen molar-refractivity contribution in [2.75, 3.05) is 18.2 Å². The maximum absolute atomic E-state index is 12.3. The maximum Gasteiger partial charge on any atom is 0.234 e. The molecule has 158 valence electrons. The molecule has 0 saturated carbocycles. The molecule has 0 aliphatic carbocycles. The molecule has 30 heavy (non-hydrogen) atoms. The topological polar surface area (TPSA) is 78.3 Å². The van der Waals surface area contributed by atoms with Crippen LogP contribution in [0.4, 0.5) is 5.69 Å². The lowest BCUT2D eigenvalue weighted by atomic mass is 10.3. The van der Waals surface area contributed by atoms with Gasteiger partial charge in [-0.25, -0.2) is 0 Å². The first-order valence-corrected chi connectivity index (χ1v) is 10.7. The minimum absolute atomic E-state index is 0.141. The average molecular weight is 467 g/mol. The Morgan fingerprint density at radius 3 is 2.57 bits per heavy atom. The van der Waals surface area contributed by atoms with E-state index in [2.05, 4.69) is 15.5 Å². The first-order valence-electron chi connectivity index (χ1n) is 8.95. The second-order valence-corrected chi connectivity index (χ2v) is 8.00. The fourth-order valence-corrected chi connectivity index (χ4v) is 3.70. The SMILES string of the molecule is COc1ccc(OC(C)c2nnc(SCC(=O)Nc3cccc(Cl)c3Cl)n2C)cc1. The molecule has 1 unspecified atom stereocenters. The summed E-state index contributed by atoms with van der Waals surface area (Å²) in [5, 5.41) is 12.4. The van der Waals surface area contributed by atoms with E-state index in [0.29, 0.717) is 32.5 Å². The van der Waals surface area contributed by atoms with Crippen LogP contribution in [0.15, 0.2) is 47.6 Å². The van der Waals surface area contributed by atoms with Gasteiger partial charge in [-0.2, -0.15) is 0 Å². The summed E-state index contributed by atoms with van der Waals surface area (Å²) in [5.74, 6) is 2.01. The van der Waals surface area contributed by atoms with Crippen LogP contribution >= 0.6 is 35.0 Å². The third kappa shape index (κ3) is 5.38. The predicted octanol–water partition coefficient (Wildman–Crippen LogP) is 5.00. The number of thioether (sulfide) groups is 1. The number of methoxy groups -OCH3 is 1. The fourth-order valence-electron chi connectivity index (χ4n) is 2.63. The fraction of sp³-hybridized carbons (Fsp3) is 0.250. The summed E-state index contributed by atoms with van der Waals surface area (Å²) in [6.07, 6.45) is -0.329. The van der Waals surface area contributed by atoms with Gasteiger partial charge in [-0.15, -0.1) is 10.2 Å². The maximum atomic E-state index is 12.3. The van der Waals surface area contributed by atoms with Gasteiger partial charge in [0.1, 0.15) is 11.5 Å². The Kier molecular flexibility index (Phi) is 7.47. The summed E-state index contributed by atoms with van der Waals surface area (Å²) in [7, 11) is 3.44. The van der Waals surface area contributed by atoms with E-state index in [1.54, 1.807) is 29.9 Å². The van der Waals surface area contributed by atoms with E-state index >= 15 is 0 Å². The Morgan fingerprint density at radius 1 is 1.17 bits per heavy atom. The molecule has 1 amide bonds. The van der Waals surface area contributed by atoms with Crippen LogP contribution in [0.25, 0.3) is 0 Å². The summed E-state index contributed by atoms with van der Waals surface area (Å²) < 4.78 is 12.9. The molecule has 7 nitrogen and oxygen atoms in total. The summed E-state index contributed by atoms with van der Waals surface area (Å²) >= 11 is 13.3. The number of hydrogen-bond acceptors (Lipinski definition) is 6. The standard InChI is InChI=1S/C20H20Cl2N4O3S/c1-12(29-14-9-7-13(28-3)8-10-14)19-24-25-20(26(19)2)30-11-17(27)23-16-6-4-5-15(21)18(16)22/h4-10,12H,11H2,1-3H3,(H,23,27). The first-order chi connectivity index (χ1) is 14.4. The van der Waals surface area contributed by atoms with Crippen LogP contribution in [-0.4, -0.2) is 33.5 Å². The minimum Gasteiger partial charge on any atom is -0.497 e. The van der Waals surface area contributed by atoms with Crippen molar-refractivity contribution in [2.45, 2.75) is 18.2 Å². The smallest absolute Gasteiger partial charge is 0.234 e. The molecule has 2 aromatic carbocycles. The Labute approximate surface area is 188 Å². The van der Waals surface area contributed by atoms with Crippen molar-refractivity contribution in [3.63, 3.8) is 0 Å². The van der Waals surface area contributed by atoms with E-state index in [0.717, 1.165) is 5.75 Å². The molecule has 1 heterocycles. The third-order valence-electron chi connectivity index (χ3n) is 4.16. The molecule has 3 rings (SSSR count). The van der Waals surface area contributed by atoms with Crippen LogP contribution in [0.5, 0.6) is 11.5 Å². The average Bonchev–Trinajstić information content (AvgIpc) is 3.11. The van der Waals surface area contributed by atoms with Gasteiger partial charge in [0.2, 0.25) is 5.91 Å². The van der Waals surface area contributed by atoms with Crippen molar-refractivity contribution in [1.29, 1.82) is 0 Å². The van der Waals surface area contributed by atoms with E-state index in [9.17, 15) is 4.79 Å². The van der Waals surface area contributed by atoms with E-state index in [4.69, 9.17) is 32.7 Å². The van der Waals surface area contributed by atoms with Crippen molar-refractivity contribution < 1.29 is 14.3 Å². The van der Waals surface area contributed by atoms with Gasteiger partial charge in [0, 0.05) is 7.05 Å². The highest BCUT2D eigenvalue weighted by Gasteiger charge is 2.18. The number of halogens is 2. The Balaban J connectivity index is 1.59.